The van der Waals surface area contributed by atoms with Gasteiger partial charge in [0, 0.05) is 17.5 Å². The van der Waals surface area contributed by atoms with Crippen LogP contribution < -0.4 is 5.32 Å². The van der Waals surface area contributed by atoms with Gasteiger partial charge in [0.2, 0.25) is 5.91 Å². The summed E-state index contributed by atoms with van der Waals surface area (Å²) in [6.45, 7) is 3.47. The van der Waals surface area contributed by atoms with E-state index in [0.29, 0.717) is 18.5 Å². The third kappa shape index (κ3) is 3.51. The van der Waals surface area contributed by atoms with Crippen LogP contribution in [-0.4, -0.2) is 23.9 Å². The van der Waals surface area contributed by atoms with Crippen LogP contribution in [0.25, 0.3) is 0 Å². The lowest BCUT2D eigenvalue weighted by Gasteiger charge is -2.36. The SMILES string of the molecule is CCC1c2ccsc2CCN1C(=O)CNC(c1ccccc1)C1CC1. The molecule has 25 heavy (non-hydrogen) atoms. The summed E-state index contributed by atoms with van der Waals surface area (Å²) in [5.74, 6) is 0.923. The number of fused-ring (bicyclic) bond motifs is 1. The summed E-state index contributed by atoms with van der Waals surface area (Å²) >= 11 is 1.83. The Labute approximate surface area is 154 Å². The van der Waals surface area contributed by atoms with E-state index in [1.165, 1.54) is 28.8 Å². The summed E-state index contributed by atoms with van der Waals surface area (Å²) in [5, 5.41) is 5.73. The van der Waals surface area contributed by atoms with Crippen molar-refractivity contribution in [1.29, 1.82) is 0 Å². The van der Waals surface area contributed by atoms with Crippen molar-refractivity contribution < 1.29 is 4.79 Å². The largest absolute Gasteiger partial charge is 0.334 e. The molecule has 0 spiro atoms. The minimum atomic E-state index is 0.241. The Morgan fingerprint density at radius 3 is 2.80 bits per heavy atom. The first-order chi connectivity index (χ1) is 12.3. The monoisotopic (exact) mass is 354 g/mol. The van der Waals surface area contributed by atoms with E-state index < -0.39 is 0 Å². The molecule has 4 rings (SSSR count). The fourth-order valence-corrected chi connectivity index (χ4v) is 5.01. The smallest absolute Gasteiger partial charge is 0.237 e. The van der Waals surface area contributed by atoms with Crippen LogP contribution in [0.2, 0.25) is 0 Å². The fraction of sp³-hybridized carbons (Fsp3) is 0.476. The molecule has 2 aromatic rings. The van der Waals surface area contributed by atoms with E-state index in [2.05, 4.69) is 58.9 Å². The van der Waals surface area contributed by atoms with Gasteiger partial charge < -0.3 is 10.2 Å². The first kappa shape index (κ1) is 16.8. The summed E-state index contributed by atoms with van der Waals surface area (Å²) in [6.07, 6.45) is 4.51. The Bertz CT molecular complexity index is 723. The molecule has 1 aromatic heterocycles. The molecule has 3 nitrogen and oxygen atoms in total. The molecule has 2 atom stereocenters. The number of benzene rings is 1. The Morgan fingerprint density at radius 2 is 2.08 bits per heavy atom. The van der Waals surface area contributed by atoms with Gasteiger partial charge in [-0.2, -0.15) is 0 Å². The van der Waals surface area contributed by atoms with Gasteiger partial charge in [-0.1, -0.05) is 37.3 Å². The minimum Gasteiger partial charge on any atom is -0.334 e. The van der Waals surface area contributed by atoms with E-state index >= 15 is 0 Å². The zero-order valence-electron chi connectivity index (χ0n) is 14.8. The molecule has 2 heterocycles. The fourth-order valence-electron chi connectivity index (χ4n) is 4.08. The van der Waals surface area contributed by atoms with E-state index in [1.54, 1.807) is 0 Å². The van der Waals surface area contributed by atoms with Crippen LogP contribution in [0.3, 0.4) is 0 Å². The lowest BCUT2D eigenvalue weighted by Crippen LogP contribution is -2.44. The van der Waals surface area contributed by atoms with Crippen molar-refractivity contribution in [3.63, 3.8) is 0 Å². The van der Waals surface area contributed by atoms with Crippen molar-refractivity contribution in [2.75, 3.05) is 13.1 Å². The predicted molar refractivity (Wildman–Crippen MR) is 103 cm³/mol. The summed E-state index contributed by atoms with van der Waals surface area (Å²) in [7, 11) is 0. The molecule has 1 saturated carbocycles. The highest BCUT2D eigenvalue weighted by molar-refractivity contribution is 7.10. The zero-order chi connectivity index (χ0) is 17.2. The summed E-state index contributed by atoms with van der Waals surface area (Å²) < 4.78 is 0. The van der Waals surface area contributed by atoms with Crippen LogP contribution in [0.5, 0.6) is 0 Å². The Morgan fingerprint density at radius 1 is 1.28 bits per heavy atom. The van der Waals surface area contributed by atoms with Gasteiger partial charge in [-0.3, -0.25) is 4.79 Å². The maximum Gasteiger partial charge on any atom is 0.237 e. The molecular weight excluding hydrogens is 328 g/mol. The van der Waals surface area contributed by atoms with Crippen LogP contribution in [-0.2, 0) is 11.2 Å². The van der Waals surface area contributed by atoms with Crippen molar-refractivity contribution in [2.45, 2.75) is 44.7 Å². The number of amides is 1. The lowest BCUT2D eigenvalue weighted by molar-refractivity contribution is -0.133. The highest BCUT2D eigenvalue weighted by Crippen LogP contribution is 2.41. The van der Waals surface area contributed by atoms with Crippen LogP contribution in [0.4, 0.5) is 0 Å². The molecule has 1 N–H and O–H groups in total. The predicted octanol–water partition coefficient (Wildman–Crippen LogP) is 4.32. The number of carbonyl (C=O) groups is 1. The second-order valence-corrected chi connectivity index (χ2v) is 8.17. The second-order valence-electron chi connectivity index (χ2n) is 7.17. The third-order valence-electron chi connectivity index (χ3n) is 5.53. The maximum atomic E-state index is 12.9. The highest BCUT2D eigenvalue weighted by atomic mass is 32.1. The average Bonchev–Trinajstić information content (AvgIpc) is 3.37. The number of hydrogen-bond acceptors (Lipinski definition) is 3. The van der Waals surface area contributed by atoms with Crippen molar-refractivity contribution in [1.82, 2.24) is 10.2 Å². The first-order valence-electron chi connectivity index (χ1n) is 9.42. The molecule has 0 bridgehead atoms. The molecule has 1 aliphatic carbocycles. The van der Waals surface area contributed by atoms with E-state index in [0.717, 1.165) is 19.4 Å². The molecule has 2 unspecified atom stereocenters. The standard InChI is InChI=1S/C21H26N2OS/c1-2-18-17-11-13-25-19(17)10-12-23(18)20(24)14-22-21(16-8-9-16)15-6-4-3-5-7-15/h3-7,11,13,16,18,21-22H,2,8-10,12,14H2,1H3. The highest BCUT2D eigenvalue weighted by Gasteiger charge is 2.34. The second kappa shape index (κ2) is 7.30. The van der Waals surface area contributed by atoms with E-state index in [1.807, 2.05) is 11.3 Å². The number of thiophene rings is 1. The van der Waals surface area contributed by atoms with Gasteiger partial charge in [-0.15, -0.1) is 11.3 Å². The zero-order valence-corrected chi connectivity index (χ0v) is 15.6. The van der Waals surface area contributed by atoms with Gasteiger partial charge >= 0.3 is 0 Å². The molecule has 0 saturated heterocycles. The van der Waals surface area contributed by atoms with Crippen molar-refractivity contribution in [3.05, 3.63) is 57.8 Å². The number of nitrogens with zero attached hydrogens (tertiary/aromatic N) is 1. The van der Waals surface area contributed by atoms with Gasteiger partial charge in [0.05, 0.1) is 12.6 Å². The average molecular weight is 355 g/mol. The molecule has 1 aromatic carbocycles. The number of rotatable bonds is 6. The molecule has 0 radical (unpaired) electrons. The van der Waals surface area contributed by atoms with Gasteiger partial charge in [0.1, 0.15) is 0 Å². The van der Waals surface area contributed by atoms with Gasteiger partial charge in [-0.05, 0) is 54.2 Å². The molecule has 1 fully saturated rings. The Kier molecular flexibility index (Phi) is 4.91. The summed E-state index contributed by atoms with van der Waals surface area (Å²) in [4.78, 5) is 16.5. The van der Waals surface area contributed by atoms with Crippen molar-refractivity contribution in [2.24, 2.45) is 5.92 Å². The van der Waals surface area contributed by atoms with Crippen LogP contribution in [0.1, 0.15) is 54.3 Å². The summed E-state index contributed by atoms with van der Waals surface area (Å²) in [6, 6.07) is 13.3. The van der Waals surface area contributed by atoms with Crippen LogP contribution >= 0.6 is 11.3 Å². The van der Waals surface area contributed by atoms with E-state index in [4.69, 9.17) is 0 Å². The van der Waals surface area contributed by atoms with Gasteiger partial charge in [-0.25, -0.2) is 0 Å². The minimum absolute atomic E-state index is 0.241. The number of hydrogen-bond donors (Lipinski definition) is 1. The Hall–Kier alpha value is -1.65. The van der Waals surface area contributed by atoms with Crippen LogP contribution in [0.15, 0.2) is 41.8 Å². The quantitative estimate of drug-likeness (QED) is 0.838. The molecule has 2 aliphatic rings. The first-order valence-corrected chi connectivity index (χ1v) is 10.3. The number of carbonyl (C=O) groups excluding carboxylic acids is 1. The van der Waals surface area contributed by atoms with Gasteiger partial charge in [0.25, 0.3) is 0 Å². The van der Waals surface area contributed by atoms with E-state index in [-0.39, 0.29) is 11.9 Å². The third-order valence-corrected chi connectivity index (χ3v) is 6.52. The topological polar surface area (TPSA) is 32.3 Å². The van der Waals surface area contributed by atoms with Crippen molar-refractivity contribution >= 4 is 17.2 Å². The Balaban J connectivity index is 1.43. The molecular formula is C21H26N2OS. The van der Waals surface area contributed by atoms with Crippen molar-refractivity contribution in [3.8, 4) is 0 Å². The maximum absolute atomic E-state index is 12.9. The normalized spacial score (nSPS) is 21.0. The lowest BCUT2D eigenvalue weighted by atomic mass is 9.97. The van der Waals surface area contributed by atoms with E-state index in [9.17, 15) is 4.79 Å². The van der Waals surface area contributed by atoms with Crippen LogP contribution in [0, 0.1) is 5.92 Å². The number of nitrogens with one attached hydrogen (secondary N) is 1. The summed E-state index contributed by atoms with van der Waals surface area (Å²) in [5.41, 5.74) is 2.68. The molecule has 4 heteroatoms. The molecule has 1 aliphatic heterocycles. The van der Waals surface area contributed by atoms with Gasteiger partial charge in [0.15, 0.2) is 0 Å². The molecule has 1 amide bonds. The molecule has 132 valence electrons.